The molecule has 0 saturated carbocycles. The van der Waals surface area contributed by atoms with Gasteiger partial charge in [-0.2, -0.15) is 10.5 Å². The molecule has 96 valence electrons. The molecule has 3 unspecified atom stereocenters. The molecule has 0 fully saturated rings. The molecule has 2 heteroatoms. The lowest BCUT2D eigenvalue weighted by Crippen LogP contribution is -2.18. The Morgan fingerprint density at radius 3 is 2.45 bits per heavy atom. The van der Waals surface area contributed by atoms with Crippen LogP contribution in [0.1, 0.15) is 17.9 Å². The molecular formula is C18H14N2. The minimum Gasteiger partial charge on any atom is -0.192 e. The third-order valence-corrected chi connectivity index (χ3v) is 4.15. The summed E-state index contributed by atoms with van der Waals surface area (Å²) < 4.78 is 0. The van der Waals surface area contributed by atoms with Crippen LogP contribution in [0.15, 0.2) is 65.8 Å². The first-order chi connectivity index (χ1) is 9.83. The van der Waals surface area contributed by atoms with Gasteiger partial charge in [-0.15, -0.1) is 0 Å². The van der Waals surface area contributed by atoms with Crippen LogP contribution >= 0.6 is 0 Å². The smallest absolute Gasteiger partial charge is 0.133 e. The van der Waals surface area contributed by atoms with Crippen molar-refractivity contribution in [3.8, 4) is 12.1 Å². The summed E-state index contributed by atoms with van der Waals surface area (Å²) in [6.45, 7) is 0. The summed E-state index contributed by atoms with van der Waals surface area (Å²) in [5.74, 6) is 0.863. The zero-order valence-electron chi connectivity index (χ0n) is 11.0. The molecule has 20 heavy (non-hydrogen) atoms. The van der Waals surface area contributed by atoms with Gasteiger partial charge in [-0.3, -0.25) is 0 Å². The summed E-state index contributed by atoms with van der Waals surface area (Å²) in [4.78, 5) is 0. The van der Waals surface area contributed by atoms with Gasteiger partial charge in [-0.25, -0.2) is 0 Å². The number of hydrogen-bond donors (Lipinski definition) is 0. The van der Waals surface area contributed by atoms with Crippen LogP contribution in [0, 0.1) is 34.5 Å². The molecule has 0 N–H and O–H groups in total. The van der Waals surface area contributed by atoms with E-state index in [1.54, 1.807) is 0 Å². The molecule has 2 nitrogen and oxygen atoms in total. The Kier molecular flexibility index (Phi) is 3.23. The van der Waals surface area contributed by atoms with E-state index in [0.717, 1.165) is 12.0 Å². The average Bonchev–Trinajstić information content (AvgIpc) is 2.82. The Hall–Kier alpha value is -2.58. The van der Waals surface area contributed by atoms with Crippen LogP contribution in [0.25, 0.3) is 0 Å². The lowest BCUT2D eigenvalue weighted by Gasteiger charge is -2.29. The van der Waals surface area contributed by atoms with E-state index in [1.165, 1.54) is 5.56 Å². The Morgan fingerprint density at radius 1 is 1.00 bits per heavy atom. The van der Waals surface area contributed by atoms with E-state index in [-0.39, 0.29) is 11.5 Å². The van der Waals surface area contributed by atoms with Crippen molar-refractivity contribution in [3.05, 3.63) is 71.3 Å². The van der Waals surface area contributed by atoms with E-state index in [1.807, 2.05) is 36.4 Å². The summed E-state index contributed by atoms with van der Waals surface area (Å²) in [5, 5.41) is 18.3. The first-order valence-electron chi connectivity index (χ1n) is 6.79. The number of hydrogen-bond acceptors (Lipinski definition) is 2. The first kappa shape index (κ1) is 12.5. The average molecular weight is 258 g/mol. The number of fused-ring (bicyclic) bond motifs is 2. The van der Waals surface area contributed by atoms with Gasteiger partial charge in [0.1, 0.15) is 17.7 Å². The molecule has 0 saturated heterocycles. The fraction of sp³-hybridized carbons (Fsp3) is 0.222. The van der Waals surface area contributed by atoms with Crippen LogP contribution in [0.3, 0.4) is 0 Å². The van der Waals surface area contributed by atoms with Crippen molar-refractivity contribution in [1.82, 2.24) is 0 Å². The number of nitrogens with zero attached hydrogens (tertiary/aromatic N) is 2. The highest BCUT2D eigenvalue weighted by Gasteiger charge is 2.32. The lowest BCUT2D eigenvalue weighted by molar-refractivity contribution is 0.481. The van der Waals surface area contributed by atoms with Gasteiger partial charge in [0.05, 0.1) is 0 Å². The molecule has 1 aromatic carbocycles. The number of benzene rings is 1. The van der Waals surface area contributed by atoms with E-state index in [9.17, 15) is 0 Å². The van der Waals surface area contributed by atoms with Gasteiger partial charge >= 0.3 is 0 Å². The van der Waals surface area contributed by atoms with E-state index in [2.05, 4.69) is 30.4 Å². The second kappa shape index (κ2) is 5.19. The predicted molar refractivity (Wildman–Crippen MR) is 77.3 cm³/mol. The fourth-order valence-corrected chi connectivity index (χ4v) is 3.16. The predicted octanol–water partition coefficient (Wildman–Crippen LogP) is 3.88. The molecule has 3 aliphatic rings. The summed E-state index contributed by atoms with van der Waals surface area (Å²) >= 11 is 0. The molecule has 0 amide bonds. The standard InChI is InChI=1S/C18H14N2/c19-11-15(12-20)16-8-6-13-7-9-17(16)18(10-13)14-4-2-1-3-5-14/h1-9,13,17-18H,10H2. The van der Waals surface area contributed by atoms with Crippen molar-refractivity contribution < 1.29 is 0 Å². The Bertz CT molecular complexity index is 664. The molecule has 0 aromatic heterocycles. The quantitative estimate of drug-likeness (QED) is 0.567. The zero-order chi connectivity index (χ0) is 13.9. The van der Waals surface area contributed by atoms with Gasteiger partial charge < -0.3 is 0 Å². The largest absolute Gasteiger partial charge is 0.192 e. The SMILES string of the molecule is N#CC(C#N)=C1C=CC2C=CC1C(c1ccccc1)C2. The lowest BCUT2D eigenvalue weighted by atomic mass is 9.74. The number of nitriles is 2. The molecule has 0 radical (unpaired) electrons. The summed E-state index contributed by atoms with van der Waals surface area (Å²) in [6, 6.07) is 14.4. The third-order valence-electron chi connectivity index (χ3n) is 4.15. The van der Waals surface area contributed by atoms with Gasteiger partial charge in [-0.05, 0) is 29.4 Å². The molecule has 3 atom stereocenters. The van der Waals surface area contributed by atoms with E-state index in [0.29, 0.717) is 11.8 Å². The van der Waals surface area contributed by atoms with Gasteiger partial charge in [0.15, 0.2) is 0 Å². The van der Waals surface area contributed by atoms with Crippen LogP contribution in [-0.4, -0.2) is 0 Å². The zero-order valence-corrected chi connectivity index (χ0v) is 11.0. The van der Waals surface area contributed by atoms with Crippen molar-refractivity contribution in [2.45, 2.75) is 12.3 Å². The molecule has 0 aliphatic heterocycles. The van der Waals surface area contributed by atoms with Crippen molar-refractivity contribution in [2.75, 3.05) is 0 Å². The molecule has 2 bridgehead atoms. The summed E-state index contributed by atoms with van der Waals surface area (Å²) in [7, 11) is 0. The Labute approximate surface area is 119 Å². The van der Waals surface area contributed by atoms with E-state index in [4.69, 9.17) is 10.5 Å². The summed E-state index contributed by atoms with van der Waals surface area (Å²) in [6.07, 6.45) is 9.48. The molecule has 0 spiro atoms. The maximum absolute atomic E-state index is 9.17. The Balaban J connectivity index is 2.10. The second-order valence-electron chi connectivity index (χ2n) is 5.24. The van der Waals surface area contributed by atoms with E-state index >= 15 is 0 Å². The summed E-state index contributed by atoms with van der Waals surface area (Å²) in [5.41, 5.74) is 2.38. The van der Waals surface area contributed by atoms with E-state index < -0.39 is 0 Å². The van der Waals surface area contributed by atoms with Gasteiger partial charge in [-0.1, -0.05) is 54.6 Å². The molecule has 3 aliphatic carbocycles. The van der Waals surface area contributed by atoms with Crippen LogP contribution < -0.4 is 0 Å². The maximum Gasteiger partial charge on any atom is 0.133 e. The van der Waals surface area contributed by atoms with Crippen LogP contribution in [-0.2, 0) is 0 Å². The minimum absolute atomic E-state index is 0.127. The third kappa shape index (κ3) is 2.06. The monoisotopic (exact) mass is 258 g/mol. The second-order valence-corrected chi connectivity index (χ2v) is 5.24. The van der Waals surface area contributed by atoms with Crippen LogP contribution in [0.4, 0.5) is 0 Å². The molecule has 4 rings (SSSR count). The topological polar surface area (TPSA) is 47.6 Å². The minimum atomic E-state index is 0.127. The first-order valence-corrected chi connectivity index (χ1v) is 6.79. The highest BCUT2D eigenvalue weighted by molar-refractivity contribution is 5.50. The highest BCUT2D eigenvalue weighted by atomic mass is 14.4. The number of allylic oxidation sites excluding steroid dienone is 6. The van der Waals surface area contributed by atoms with Gasteiger partial charge in [0.2, 0.25) is 0 Å². The van der Waals surface area contributed by atoms with Crippen molar-refractivity contribution in [1.29, 1.82) is 10.5 Å². The van der Waals surface area contributed by atoms with Crippen molar-refractivity contribution in [2.24, 2.45) is 11.8 Å². The van der Waals surface area contributed by atoms with Gasteiger partial charge in [0, 0.05) is 5.92 Å². The molecular weight excluding hydrogens is 244 g/mol. The van der Waals surface area contributed by atoms with Gasteiger partial charge in [0.25, 0.3) is 0 Å². The number of rotatable bonds is 1. The molecule has 0 heterocycles. The Morgan fingerprint density at radius 2 is 1.75 bits per heavy atom. The van der Waals surface area contributed by atoms with Crippen LogP contribution in [0.2, 0.25) is 0 Å². The van der Waals surface area contributed by atoms with Crippen molar-refractivity contribution in [3.63, 3.8) is 0 Å². The van der Waals surface area contributed by atoms with Crippen LogP contribution in [0.5, 0.6) is 0 Å². The maximum atomic E-state index is 9.17. The fourth-order valence-electron chi connectivity index (χ4n) is 3.16. The normalized spacial score (nSPS) is 26.7. The highest BCUT2D eigenvalue weighted by Crippen LogP contribution is 2.44. The van der Waals surface area contributed by atoms with Crippen molar-refractivity contribution >= 4 is 0 Å². The molecule has 1 aromatic rings.